The number of aryl methyl sites for hydroxylation is 3. The van der Waals surface area contributed by atoms with E-state index in [1.165, 1.54) is 0 Å². The Balaban J connectivity index is 1.78. The molecule has 0 saturated carbocycles. The number of hydrogen-bond donors (Lipinski definition) is 2. The summed E-state index contributed by atoms with van der Waals surface area (Å²) in [5, 5.41) is 2.82. The van der Waals surface area contributed by atoms with Crippen LogP contribution in [0.15, 0.2) is 53.3 Å². The van der Waals surface area contributed by atoms with Gasteiger partial charge in [-0.3, -0.25) is 14.6 Å². The molecular formula is C21H21N3O2. The second-order valence-electron chi connectivity index (χ2n) is 6.32. The van der Waals surface area contributed by atoms with Gasteiger partial charge in [0.1, 0.15) is 0 Å². The number of H-pyrrole nitrogens is 1. The predicted octanol–water partition coefficient (Wildman–Crippen LogP) is 3.29. The Morgan fingerprint density at radius 3 is 2.46 bits per heavy atom. The van der Waals surface area contributed by atoms with Crippen molar-refractivity contribution < 1.29 is 4.79 Å². The molecule has 0 radical (unpaired) electrons. The summed E-state index contributed by atoms with van der Waals surface area (Å²) in [6, 6.07) is 15.3. The average Bonchev–Trinajstić information content (AvgIpc) is 2.61. The average molecular weight is 347 g/mol. The zero-order valence-corrected chi connectivity index (χ0v) is 15.1. The van der Waals surface area contributed by atoms with Gasteiger partial charge in [0.25, 0.3) is 11.5 Å². The van der Waals surface area contributed by atoms with Crippen molar-refractivity contribution >= 4 is 5.91 Å². The van der Waals surface area contributed by atoms with Crippen molar-refractivity contribution in [2.24, 2.45) is 0 Å². The van der Waals surface area contributed by atoms with E-state index < -0.39 is 0 Å². The van der Waals surface area contributed by atoms with Crippen molar-refractivity contribution in [1.82, 2.24) is 15.3 Å². The van der Waals surface area contributed by atoms with E-state index in [9.17, 15) is 9.59 Å². The number of carbonyl (C=O) groups excluding carboxylic acids is 1. The third kappa shape index (κ3) is 3.72. The summed E-state index contributed by atoms with van der Waals surface area (Å²) in [7, 11) is 0. The van der Waals surface area contributed by atoms with E-state index in [0.717, 1.165) is 22.5 Å². The van der Waals surface area contributed by atoms with Gasteiger partial charge in [0.05, 0.1) is 17.0 Å². The number of hydrogen-bond acceptors (Lipinski definition) is 3. The first-order valence-electron chi connectivity index (χ1n) is 8.46. The van der Waals surface area contributed by atoms with Crippen LogP contribution >= 0.6 is 0 Å². The first kappa shape index (κ1) is 17.6. The minimum Gasteiger partial charge on any atom is -0.348 e. The fraction of sp³-hybridized carbons (Fsp3) is 0.190. The molecule has 3 rings (SSSR count). The van der Waals surface area contributed by atoms with Gasteiger partial charge in [0.15, 0.2) is 0 Å². The zero-order chi connectivity index (χ0) is 18.7. The van der Waals surface area contributed by atoms with Gasteiger partial charge in [-0.25, -0.2) is 0 Å². The molecule has 5 nitrogen and oxygen atoms in total. The van der Waals surface area contributed by atoms with E-state index in [-0.39, 0.29) is 18.0 Å². The van der Waals surface area contributed by atoms with Gasteiger partial charge in [-0.2, -0.15) is 0 Å². The first-order valence-corrected chi connectivity index (χ1v) is 8.46. The molecule has 2 heterocycles. The molecule has 0 atom stereocenters. The molecule has 3 aromatic rings. The van der Waals surface area contributed by atoms with E-state index in [2.05, 4.69) is 15.3 Å². The maximum atomic E-state index is 12.5. The van der Waals surface area contributed by atoms with E-state index in [0.29, 0.717) is 16.8 Å². The van der Waals surface area contributed by atoms with Crippen molar-refractivity contribution in [1.29, 1.82) is 0 Å². The molecule has 2 aromatic heterocycles. The van der Waals surface area contributed by atoms with Gasteiger partial charge >= 0.3 is 0 Å². The van der Waals surface area contributed by atoms with Crippen LogP contribution in [0.2, 0.25) is 0 Å². The van der Waals surface area contributed by atoms with Gasteiger partial charge in [-0.15, -0.1) is 0 Å². The maximum absolute atomic E-state index is 12.5. The van der Waals surface area contributed by atoms with Crippen molar-refractivity contribution in [2.45, 2.75) is 27.3 Å². The quantitative estimate of drug-likeness (QED) is 0.760. The van der Waals surface area contributed by atoms with Gasteiger partial charge < -0.3 is 10.3 Å². The lowest BCUT2D eigenvalue weighted by atomic mass is 10.1. The summed E-state index contributed by atoms with van der Waals surface area (Å²) in [6.45, 7) is 5.69. The monoisotopic (exact) mass is 347 g/mol. The molecule has 0 saturated heterocycles. The normalized spacial score (nSPS) is 10.6. The Morgan fingerprint density at radius 2 is 1.81 bits per heavy atom. The standard InChI is InChI=1S/C21H21N3O2/c1-13-11-14(2)23-21(26)18(13)12-22-20(25)17-9-10-19(24-15(17)3)16-7-5-4-6-8-16/h4-11H,12H2,1-3H3,(H,22,25)(H,23,26). The highest BCUT2D eigenvalue weighted by atomic mass is 16.1. The maximum Gasteiger partial charge on any atom is 0.253 e. The Bertz CT molecular complexity index is 1010. The molecule has 1 aromatic carbocycles. The minimum absolute atomic E-state index is 0.169. The Labute approximate surface area is 152 Å². The number of nitrogens with zero attached hydrogens (tertiary/aromatic N) is 1. The summed E-state index contributed by atoms with van der Waals surface area (Å²) in [5.41, 5.74) is 5.05. The lowest BCUT2D eigenvalue weighted by molar-refractivity contribution is 0.0949. The minimum atomic E-state index is -0.242. The number of pyridine rings is 2. The number of benzene rings is 1. The van der Waals surface area contributed by atoms with E-state index >= 15 is 0 Å². The molecule has 0 aliphatic rings. The Hall–Kier alpha value is -3.21. The topological polar surface area (TPSA) is 74.8 Å². The van der Waals surface area contributed by atoms with Crippen molar-refractivity contribution in [3.8, 4) is 11.3 Å². The first-order chi connectivity index (χ1) is 12.5. The molecule has 26 heavy (non-hydrogen) atoms. The highest BCUT2D eigenvalue weighted by molar-refractivity contribution is 5.95. The number of nitrogens with one attached hydrogen (secondary N) is 2. The molecule has 0 unspecified atom stereocenters. The molecule has 0 fully saturated rings. The molecule has 132 valence electrons. The summed E-state index contributed by atoms with van der Waals surface area (Å²) in [5.74, 6) is -0.242. The summed E-state index contributed by atoms with van der Waals surface area (Å²) < 4.78 is 0. The van der Waals surface area contributed by atoms with Crippen LogP contribution < -0.4 is 10.9 Å². The van der Waals surface area contributed by atoms with Crippen LogP contribution in [0.4, 0.5) is 0 Å². The number of amides is 1. The summed E-state index contributed by atoms with van der Waals surface area (Å²) in [6.07, 6.45) is 0. The van der Waals surface area contributed by atoms with Crippen molar-refractivity contribution in [3.05, 3.63) is 87.0 Å². The summed E-state index contributed by atoms with van der Waals surface area (Å²) >= 11 is 0. The van der Waals surface area contributed by atoms with Crippen LogP contribution in [0.1, 0.15) is 32.9 Å². The molecule has 5 heteroatoms. The van der Waals surface area contributed by atoms with Crippen LogP contribution in [0.5, 0.6) is 0 Å². The van der Waals surface area contributed by atoms with Crippen LogP contribution in [0, 0.1) is 20.8 Å². The molecule has 0 aliphatic heterocycles. The third-order valence-electron chi connectivity index (χ3n) is 4.32. The highest BCUT2D eigenvalue weighted by Gasteiger charge is 2.13. The van der Waals surface area contributed by atoms with E-state index in [1.807, 2.05) is 63.2 Å². The smallest absolute Gasteiger partial charge is 0.253 e. The molecule has 2 N–H and O–H groups in total. The zero-order valence-electron chi connectivity index (χ0n) is 15.1. The molecular weight excluding hydrogens is 326 g/mol. The van der Waals surface area contributed by atoms with Gasteiger partial charge in [-0.1, -0.05) is 30.3 Å². The Kier molecular flexibility index (Phi) is 4.98. The second-order valence-corrected chi connectivity index (χ2v) is 6.32. The van der Waals surface area contributed by atoms with Crippen molar-refractivity contribution in [3.63, 3.8) is 0 Å². The number of aromatic nitrogens is 2. The third-order valence-corrected chi connectivity index (χ3v) is 4.32. The second kappa shape index (κ2) is 7.35. The van der Waals surface area contributed by atoms with Gasteiger partial charge in [0, 0.05) is 23.4 Å². The SMILES string of the molecule is Cc1cc(C)c(CNC(=O)c2ccc(-c3ccccc3)nc2C)c(=O)[nH]1. The van der Waals surface area contributed by atoms with Crippen LogP contribution in [-0.4, -0.2) is 15.9 Å². The predicted molar refractivity (Wildman–Crippen MR) is 102 cm³/mol. The van der Waals surface area contributed by atoms with Crippen LogP contribution in [-0.2, 0) is 6.54 Å². The molecule has 0 bridgehead atoms. The number of rotatable bonds is 4. The lowest BCUT2D eigenvalue weighted by Gasteiger charge is -2.10. The summed E-state index contributed by atoms with van der Waals surface area (Å²) in [4.78, 5) is 31.9. The van der Waals surface area contributed by atoms with E-state index in [1.54, 1.807) is 6.07 Å². The molecule has 1 amide bonds. The Morgan fingerprint density at radius 1 is 1.08 bits per heavy atom. The number of aromatic amines is 1. The number of carbonyl (C=O) groups is 1. The lowest BCUT2D eigenvalue weighted by Crippen LogP contribution is -2.28. The largest absolute Gasteiger partial charge is 0.348 e. The fourth-order valence-electron chi connectivity index (χ4n) is 2.94. The fourth-order valence-corrected chi connectivity index (χ4v) is 2.94. The van der Waals surface area contributed by atoms with E-state index in [4.69, 9.17) is 0 Å². The van der Waals surface area contributed by atoms with Gasteiger partial charge in [-0.05, 0) is 44.5 Å². The van der Waals surface area contributed by atoms with Gasteiger partial charge in [0.2, 0.25) is 0 Å². The molecule has 0 aliphatic carbocycles. The molecule has 0 spiro atoms. The van der Waals surface area contributed by atoms with Crippen LogP contribution in [0.3, 0.4) is 0 Å². The highest BCUT2D eigenvalue weighted by Crippen LogP contribution is 2.18. The van der Waals surface area contributed by atoms with Crippen molar-refractivity contribution in [2.75, 3.05) is 0 Å². The van der Waals surface area contributed by atoms with Crippen LogP contribution in [0.25, 0.3) is 11.3 Å².